The van der Waals surface area contributed by atoms with E-state index in [1.54, 1.807) is 30.9 Å². The molecule has 1 aliphatic rings. The van der Waals surface area contributed by atoms with Gasteiger partial charge >= 0.3 is 11.8 Å². The third kappa shape index (κ3) is 6.47. The Hall–Kier alpha value is -5.44. The summed E-state index contributed by atoms with van der Waals surface area (Å²) in [7, 11) is 1.62. The number of ether oxygens (including phenoxy) is 1. The van der Waals surface area contributed by atoms with Crippen LogP contribution >= 0.6 is 0 Å². The normalized spacial score (nSPS) is 15.0. The Balaban J connectivity index is 1.42. The van der Waals surface area contributed by atoms with Crippen LogP contribution in [0.1, 0.15) is 46.1 Å². The summed E-state index contributed by atoms with van der Waals surface area (Å²) in [5.41, 5.74) is 2.97. The number of imidazole rings is 1. The number of benzene rings is 2. The van der Waals surface area contributed by atoms with Gasteiger partial charge in [-0.15, -0.1) is 5.92 Å². The van der Waals surface area contributed by atoms with Crippen molar-refractivity contribution in [2.45, 2.75) is 65.3 Å². The van der Waals surface area contributed by atoms with E-state index < -0.39 is 22.9 Å². The zero-order valence-corrected chi connectivity index (χ0v) is 27.3. The quantitative estimate of drug-likeness (QED) is 0.277. The van der Waals surface area contributed by atoms with Gasteiger partial charge < -0.3 is 15.0 Å². The third-order valence-corrected chi connectivity index (χ3v) is 8.11. The van der Waals surface area contributed by atoms with Crippen LogP contribution in [0.5, 0.6) is 0 Å². The first-order valence-corrected chi connectivity index (χ1v) is 15.7. The molecule has 0 spiro atoms. The molecule has 47 heavy (non-hydrogen) atoms. The number of nitrogens with one attached hydrogen (secondary N) is 1. The lowest BCUT2D eigenvalue weighted by Gasteiger charge is -2.34. The van der Waals surface area contributed by atoms with Gasteiger partial charge in [-0.2, -0.15) is 4.98 Å². The first-order chi connectivity index (χ1) is 22.5. The molecular weight excluding hydrogens is 596 g/mol. The van der Waals surface area contributed by atoms with Crippen LogP contribution in [0.2, 0.25) is 0 Å². The van der Waals surface area contributed by atoms with Gasteiger partial charge in [-0.25, -0.2) is 9.59 Å². The van der Waals surface area contributed by atoms with E-state index >= 15 is 0 Å². The predicted molar refractivity (Wildman–Crippen MR) is 181 cm³/mol. The summed E-state index contributed by atoms with van der Waals surface area (Å²) in [6.07, 6.45) is 4.37. The van der Waals surface area contributed by atoms with E-state index in [9.17, 15) is 14.4 Å². The average molecular weight is 635 g/mol. The lowest BCUT2D eigenvalue weighted by molar-refractivity contribution is 0.0499. The Kier molecular flexibility index (Phi) is 8.56. The molecule has 1 N–H and O–H groups in total. The molecule has 1 amide bonds. The van der Waals surface area contributed by atoms with Gasteiger partial charge in [0.25, 0.3) is 5.56 Å². The first-order valence-electron chi connectivity index (χ1n) is 15.7. The lowest BCUT2D eigenvalue weighted by atomic mass is 10.0. The van der Waals surface area contributed by atoms with Crippen molar-refractivity contribution in [2.24, 2.45) is 7.05 Å². The number of piperidine rings is 1. The first kappa shape index (κ1) is 31.5. The molecule has 0 saturated carbocycles. The summed E-state index contributed by atoms with van der Waals surface area (Å²) < 4.78 is 9.90. The van der Waals surface area contributed by atoms with E-state index in [2.05, 4.69) is 27.1 Å². The smallest absolute Gasteiger partial charge is 0.407 e. The van der Waals surface area contributed by atoms with Crippen molar-refractivity contribution in [3.05, 3.63) is 81.3 Å². The Morgan fingerprint density at radius 3 is 2.60 bits per heavy atom. The van der Waals surface area contributed by atoms with Gasteiger partial charge in [-0.3, -0.25) is 28.5 Å². The maximum atomic E-state index is 14.3. The van der Waals surface area contributed by atoms with E-state index in [1.165, 1.54) is 9.13 Å². The summed E-state index contributed by atoms with van der Waals surface area (Å²) in [5.74, 6) is 6.51. The van der Waals surface area contributed by atoms with Crippen molar-refractivity contribution in [3.63, 3.8) is 0 Å². The molecule has 242 valence electrons. The zero-order valence-electron chi connectivity index (χ0n) is 27.3. The van der Waals surface area contributed by atoms with Gasteiger partial charge in [0.15, 0.2) is 11.2 Å². The van der Waals surface area contributed by atoms with Crippen molar-refractivity contribution in [1.29, 1.82) is 0 Å². The largest absolute Gasteiger partial charge is 0.444 e. The SMILES string of the molecule is CC#CCn1c(N2CCC[C@@H](NC(=O)OC(C)(C)C)C2)nc2c1c(=O)n(Cc1cc(-c3ccccc3)c3nccnc3c1)c(=O)n2C. The van der Waals surface area contributed by atoms with Crippen molar-refractivity contribution in [1.82, 2.24) is 34.0 Å². The second-order valence-electron chi connectivity index (χ2n) is 12.7. The second kappa shape index (κ2) is 12.7. The number of rotatable bonds is 6. The number of aromatic nitrogens is 6. The van der Waals surface area contributed by atoms with E-state index in [-0.39, 0.29) is 30.3 Å². The van der Waals surface area contributed by atoms with E-state index in [4.69, 9.17) is 9.72 Å². The lowest BCUT2D eigenvalue weighted by Crippen LogP contribution is -2.49. The van der Waals surface area contributed by atoms with Gasteiger partial charge in [-0.1, -0.05) is 36.3 Å². The maximum Gasteiger partial charge on any atom is 0.407 e. The van der Waals surface area contributed by atoms with Crippen LogP contribution in [0.15, 0.2) is 64.4 Å². The highest BCUT2D eigenvalue weighted by Crippen LogP contribution is 2.28. The molecule has 1 atom stereocenters. The summed E-state index contributed by atoms with van der Waals surface area (Å²) in [6, 6.07) is 13.5. The molecule has 1 aliphatic heterocycles. The Bertz CT molecular complexity index is 2150. The van der Waals surface area contributed by atoms with Crippen LogP contribution in [-0.4, -0.2) is 59.5 Å². The molecule has 0 aliphatic carbocycles. The average Bonchev–Trinajstić information content (AvgIpc) is 3.44. The summed E-state index contributed by atoms with van der Waals surface area (Å²) in [4.78, 5) is 56.5. The number of nitrogens with zero attached hydrogens (tertiary/aromatic N) is 7. The Morgan fingerprint density at radius 1 is 1.09 bits per heavy atom. The molecule has 6 rings (SSSR count). The Labute approximate surface area is 272 Å². The molecule has 1 saturated heterocycles. The highest BCUT2D eigenvalue weighted by atomic mass is 16.6. The molecule has 5 aromatic rings. The van der Waals surface area contributed by atoms with Gasteiger partial charge in [0.05, 0.1) is 24.1 Å². The molecule has 3 aromatic heterocycles. The number of aryl methyl sites for hydroxylation is 1. The topological polar surface area (TPSA) is 129 Å². The number of hydrogen-bond donors (Lipinski definition) is 1. The molecule has 1 fully saturated rings. The number of carbonyl (C=O) groups is 1. The number of anilines is 1. The van der Waals surface area contributed by atoms with E-state index in [0.29, 0.717) is 24.6 Å². The fraction of sp³-hybridized carbons (Fsp3) is 0.371. The molecular formula is C35H38N8O4. The third-order valence-electron chi connectivity index (χ3n) is 8.11. The van der Waals surface area contributed by atoms with Crippen LogP contribution in [0.3, 0.4) is 0 Å². The highest BCUT2D eigenvalue weighted by molar-refractivity contribution is 5.92. The molecule has 0 bridgehead atoms. The van der Waals surface area contributed by atoms with Crippen LogP contribution in [0, 0.1) is 11.8 Å². The number of fused-ring (bicyclic) bond motifs is 2. The number of amides is 1. The second-order valence-corrected chi connectivity index (χ2v) is 12.7. The Morgan fingerprint density at radius 2 is 1.85 bits per heavy atom. The summed E-state index contributed by atoms with van der Waals surface area (Å²) >= 11 is 0. The van der Waals surface area contributed by atoms with Crippen molar-refractivity contribution < 1.29 is 9.53 Å². The fourth-order valence-electron chi connectivity index (χ4n) is 6.04. The van der Waals surface area contributed by atoms with E-state index in [1.807, 2.05) is 68.1 Å². The minimum atomic E-state index is -0.612. The molecule has 0 unspecified atom stereocenters. The van der Waals surface area contributed by atoms with Crippen LogP contribution in [0.25, 0.3) is 33.3 Å². The minimum Gasteiger partial charge on any atom is -0.444 e. The number of carbonyl (C=O) groups excluding carboxylic acids is 1. The fourth-order valence-corrected chi connectivity index (χ4v) is 6.04. The maximum absolute atomic E-state index is 14.3. The molecule has 0 radical (unpaired) electrons. The van der Waals surface area contributed by atoms with Crippen LogP contribution < -0.4 is 21.5 Å². The molecule has 4 heterocycles. The highest BCUT2D eigenvalue weighted by Gasteiger charge is 2.29. The minimum absolute atomic E-state index is 0.0271. The van der Waals surface area contributed by atoms with Crippen molar-refractivity contribution in [2.75, 3.05) is 18.0 Å². The summed E-state index contributed by atoms with van der Waals surface area (Å²) in [6.45, 7) is 8.57. The monoisotopic (exact) mass is 634 g/mol. The predicted octanol–water partition coefficient (Wildman–Crippen LogP) is 4.07. The van der Waals surface area contributed by atoms with E-state index in [0.717, 1.165) is 35.0 Å². The van der Waals surface area contributed by atoms with Gasteiger partial charge in [0.2, 0.25) is 5.95 Å². The van der Waals surface area contributed by atoms with Gasteiger partial charge in [0.1, 0.15) is 5.60 Å². The van der Waals surface area contributed by atoms with Gasteiger partial charge in [-0.05, 0) is 63.8 Å². The summed E-state index contributed by atoms with van der Waals surface area (Å²) in [5, 5.41) is 2.97. The van der Waals surface area contributed by atoms with Crippen molar-refractivity contribution in [3.8, 4) is 23.0 Å². The number of alkyl carbamates (subject to hydrolysis) is 1. The van der Waals surface area contributed by atoms with Crippen LogP contribution in [0.4, 0.5) is 10.7 Å². The standard InChI is InChI=1S/C35H38N8O4/c1-6-7-18-42-29-30(39-32(42)41-17-11-14-25(22-41)38-33(45)47-35(2,3)4)40(5)34(46)43(31(29)44)21-23-19-26(24-12-9-8-10-13-24)28-27(20-23)36-15-16-37-28/h8-10,12-13,15-16,19-20,25H,11,14,17-18,21-22H2,1-5H3,(H,38,45)/t25-/m1/s1. The van der Waals surface area contributed by atoms with Crippen LogP contribution in [-0.2, 0) is 24.9 Å². The van der Waals surface area contributed by atoms with Gasteiger partial charge in [0, 0.05) is 44.1 Å². The number of hydrogen-bond acceptors (Lipinski definition) is 8. The molecule has 2 aromatic carbocycles. The zero-order chi connectivity index (χ0) is 33.3. The van der Waals surface area contributed by atoms with Crippen molar-refractivity contribution >= 4 is 34.2 Å². The molecule has 12 nitrogen and oxygen atoms in total. The molecule has 12 heteroatoms.